The second kappa shape index (κ2) is 6.21. The molecule has 0 radical (unpaired) electrons. The zero-order chi connectivity index (χ0) is 13.0. The van der Waals surface area contributed by atoms with Crippen LogP contribution in [0.3, 0.4) is 0 Å². The summed E-state index contributed by atoms with van der Waals surface area (Å²) in [5.41, 5.74) is 7.25. The van der Waals surface area contributed by atoms with E-state index in [-0.39, 0.29) is 6.04 Å². The standard InChI is InChI=1S/C15H24N2O/c1-3-17(12-9-10-12)14(11-16)13-7-5-6-8-15(13)18-4-2/h5-8,12,14H,3-4,9-11,16H2,1-2H3. The number of nitrogens with two attached hydrogens (primary N) is 1. The highest BCUT2D eigenvalue weighted by atomic mass is 16.5. The SMILES string of the molecule is CCOc1ccccc1C(CN)N(CC)C1CC1. The van der Waals surface area contributed by atoms with E-state index in [1.807, 2.05) is 19.1 Å². The summed E-state index contributed by atoms with van der Waals surface area (Å²) < 4.78 is 5.73. The number of nitrogens with zero attached hydrogens (tertiary/aromatic N) is 1. The van der Waals surface area contributed by atoms with Gasteiger partial charge in [-0.1, -0.05) is 25.1 Å². The molecule has 3 heteroatoms. The van der Waals surface area contributed by atoms with Crippen molar-refractivity contribution in [3.05, 3.63) is 29.8 Å². The van der Waals surface area contributed by atoms with Crippen LogP contribution >= 0.6 is 0 Å². The molecule has 2 rings (SSSR count). The Labute approximate surface area is 110 Å². The average Bonchev–Trinajstić information content (AvgIpc) is 3.21. The second-order valence-electron chi connectivity index (χ2n) is 4.78. The van der Waals surface area contributed by atoms with E-state index >= 15 is 0 Å². The first-order valence-electron chi connectivity index (χ1n) is 6.99. The van der Waals surface area contributed by atoms with Crippen molar-refractivity contribution in [2.24, 2.45) is 5.73 Å². The third kappa shape index (κ3) is 2.85. The maximum Gasteiger partial charge on any atom is 0.124 e. The van der Waals surface area contributed by atoms with Crippen molar-refractivity contribution < 1.29 is 4.74 Å². The van der Waals surface area contributed by atoms with Crippen LogP contribution in [0.15, 0.2) is 24.3 Å². The van der Waals surface area contributed by atoms with Crippen LogP contribution in [0.4, 0.5) is 0 Å². The van der Waals surface area contributed by atoms with Crippen LogP contribution in [0, 0.1) is 0 Å². The van der Waals surface area contributed by atoms with Crippen LogP contribution < -0.4 is 10.5 Å². The summed E-state index contributed by atoms with van der Waals surface area (Å²) in [7, 11) is 0. The molecule has 1 fully saturated rings. The van der Waals surface area contributed by atoms with Gasteiger partial charge in [0.1, 0.15) is 5.75 Å². The lowest BCUT2D eigenvalue weighted by atomic mass is 10.0. The molecule has 18 heavy (non-hydrogen) atoms. The van der Waals surface area contributed by atoms with E-state index in [1.165, 1.54) is 18.4 Å². The van der Waals surface area contributed by atoms with Gasteiger partial charge in [0.2, 0.25) is 0 Å². The maximum atomic E-state index is 6.01. The highest BCUT2D eigenvalue weighted by Crippen LogP contribution is 2.36. The minimum Gasteiger partial charge on any atom is -0.494 e. The van der Waals surface area contributed by atoms with Crippen molar-refractivity contribution in [2.75, 3.05) is 19.7 Å². The summed E-state index contributed by atoms with van der Waals surface area (Å²) in [5.74, 6) is 0.981. The Balaban J connectivity index is 2.25. The molecule has 2 N–H and O–H groups in total. The van der Waals surface area contributed by atoms with Gasteiger partial charge in [0.15, 0.2) is 0 Å². The van der Waals surface area contributed by atoms with Crippen molar-refractivity contribution >= 4 is 0 Å². The van der Waals surface area contributed by atoms with Gasteiger partial charge in [-0.3, -0.25) is 4.90 Å². The van der Waals surface area contributed by atoms with Crippen molar-refractivity contribution in [3.63, 3.8) is 0 Å². The molecule has 0 spiro atoms. The molecule has 1 unspecified atom stereocenters. The summed E-state index contributed by atoms with van der Waals surface area (Å²) in [5, 5.41) is 0. The first-order chi connectivity index (χ1) is 8.81. The summed E-state index contributed by atoms with van der Waals surface area (Å²) in [6.45, 7) is 6.63. The van der Waals surface area contributed by atoms with Crippen LogP contribution in [0.25, 0.3) is 0 Å². The van der Waals surface area contributed by atoms with Crippen LogP contribution in [0.2, 0.25) is 0 Å². The van der Waals surface area contributed by atoms with Gasteiger partial charge in [-0.25, -0.2) is 0 Å². The Morgan fingerprint density at radius 2 is 2.06 bits per heavy atom. The summed E-state index contributed by atoms with van der Waals surface area (Å²) in [6, 6.07) is 9.29. The zero-order valence-electron chi connectivity index (χ0n) is 11.4. The van der Waals surface area contributed by atoms with E-state index in [1.54, 1.807) is 0 Å². The molecule has 0 aromatic heterocycles. The van der Waals surface area contributed by atoms with Crippen molar-refractivity contribution in [1.82, 2.24) is 4.90 Å². The Morgan fingerprint density at radius 1 is 1.33 bits per heavy atom. The van der Waals surface area contributed by atoms with E-state index in [4.69, 9.17) is 10.5 Å². The molecule has 0 heterocycles. The third-order valence-electron chi connectivity index (χ3n) is 3.58. The Kier molecular flexibility index (Phi) is 4.61. The highest BCUT2D eigenvalue weighted by Gasteiger charge is 2.33. The minimum atomic E-state index is 0.283. The van der Waals surface area contributed by atoms with Crippen molar-refractivity contribution in [2.45, 2.75) is 38.8 Å². The molecule has 0 amide bonds. The topological polar surface area (TPSA) is 38.5 Å². The van der Waals surface area contributed by atoms with E-state index < -0.39 is 0 Å². The number of hydrogen-bond acceptors (Lipinski definition) is 3. The van der Waals surface area contributed by atoms with Crippen LogP contribution in [0.5, 0.6) is 5.75 Å². The summed E-state index contributed by atoms with van der Waals surface area (Å²) in [6.07, 6.45) is 2.61. The molecule has 0 saturated heterocycles. The largest absolute Gasteiger partial charge is 0.494 e. The van der Waals surface area contributed by atoms with Gasteiger partial charge in [0.05, 0.1) is 12.6 Å². The number of ether oxygens (including phenoxy) is 1. The first kappa shape index (κ1) is 13.4. The third-order valence-corrected chi connectivity index (χ3v) is 3.58. The number of para-hydroxylation sites is 1. The molecule has 0 aliphatic heterocycles. The monoisotopic (exact) mass is 248 g/mol. The summed E-state index contributed by atoms with van der Waals surface area (Å²) >= 11 is 0. The molecule has 1 atom stereocenters. The van der Waals surface area contributed by atoms with Crippen molar-refractivity contribution in [3.8, 4) is 5.75 Å². The molecule has 0 bridgehead atoms. The molecular weight excluding hydrogens is 224 g/mol. The Morgan fingerprint density at radius 3 is 2.61 bits per heavy atom. The Hall–Kier alpha value is -1.06. The summed E-state index contributed by atoms with van der Waals surface area (Å²) in [4.78, 5) is 2.51. The van der Waals surface area contributed by atoms with Gasteiger partial charge >= 0.3 is 0 Å². The number of rotatable bonds is 7. The smallest absolute Gasteiger partial charge is 0.124 e. The van der Waals surface area contributed by atoms with E-state index in [0.717, 1.165) is 18.3 Å². The van der Waals surface area contributed by atoms with E-state index in [9.17, 15) is 0 Å². The maximum absolute atomic E-state index is 6.01. The molecule has 1 aliphatic rings. The van der Waals surface area contributed by atoms with Gasteiger partial charge in [-0.05, 0) is 32.4 Å². The number of likely N-dealkylation sites (N-methyl/N-ethyl adjacent to an activating group) is 1. The molecule has 100 valence electrons. The molecule has 3 nitrogen and oxygen atoms in total. The van der Waals surface area contributed by atoms with Crippen LogP contribution in [-0.2, 0) is 0 Å². The number of hydrogen-bond donors (Lipinski definition) is 1. The highest BCUT2D eigenvalue weighted by molar-refractivity contribution is 5.36. The quantitative estimate of drug-likeness (QED) is 0.806. The lowest BCUT2D eigenvalue weighted by Gasteiger charge is -2.31. The lowest BCUT2D eigenvalue weighted by molar-refractivity contribution is 0.196. The van der Waals surface area contributed by atoms with Gasteiger partial charge in [-0.15, -0.1) is 0 Å². The molecular formula is C15H24N2O. The minimum absolute atomic E-state index is 0.283. The molecule has 1 saturated carbocycles. The van der Waals surface area contributed by atoms with Gasteiger partial charge < -0.3 is 10.5 Å². The zero-order valence-corrected chi connectivity index (χ0v) is 11.4. The Bertz CT molecular complexity index is 377. The van der Waals surface area contributed by atoms with Gasteiger partial charge in [0.25, 0.3) is 0 Å². The molecule has 1 aromatic carbocycles. The fraction of sp³-hybridized carbons (Fsp3) is 0.600. The molecule has 1 aromatic rings. The van der Waals surface area contributed by atoms with Gasteiger partial charge in [-0.2, -0.15) is 0 Å². The molecule has 1 aliphatic carbocycles. The predicted octanol–water partition coefficient (Wildman–Crippen LogP) is 2.57. The first-order valence-corrected chi connectivity index (χ1v) is 6.99. The van der Waals surface area contributed by atoms with Crippen molar-refractivity contribution in [1.29, 1.82) is 0 Å². The van der Waals surface area contributed by atoms with Gasteiger partial charge in [0, 0.05) is 18.2 Å². The van der Waals surface area contributed by atoms with Crippen LogP contribution in [-0.4, -0.2) is 30.6 Å². The second-order valence-corrected chi connectivity index (χ2v) is 4.78. The average molecular weight is 248 g/mol. The lowest BCUT2D eigenvalue weighted by Crippen LogP contribution is -2.35. The van der Waals surface area contributed by atoms with E-state index in [2.05, 4.69) is 24.0 Å². The predicted molar refractivity (Wildman–Crippen MR) is 74.8 cm³/mol. The van der Waals surface area contributed by atoms with E-state index in [0.29, 0.717) is 13.2 Å². The fourth-order valence-corrected chi connectivity index (χ4v) is 2.62. The van der Waals surface area contributed by atoms with Crippen LogP contribution in [0.1, 0.15) is 38.3 Å². The number of benzene rings is 1. The fourth-order valence-electron chi connectivity index (χ4n) is 2.62. The normalized spacial score (nSPS) is 16.9.